The van der Waals surface area contributed by atoms with Gasteiger partial charge in [0.1, 0.15) is 5.75 Å². The Morgan fingerprint density at radius 1 is 0.714 bits per heavy atom. The van der Waals surface area contributed by atoms with Crippen molar-refractivity contribution in [3.63, 3.8) is 0 Å². The molecule has 0 saturated carbocycles. The van der Waals surface area contributed by atoms with E-state index in [1.54, 1.807) is 28.4 Å². The maximum atomic E-state index is 5.40. The molecule has 0 aliphatic rings. The summed E-state index contributed by atoms with van der Waals surface area (Å²) in [6, 6.07) is 11.2. The molecule has 146 valence electrons. The van der Waals surface area contributed by atoms with Crippen molar-refractivity contribution >= 4 is 25.6 Å². The Bertz CT molecular complexity index is 874. The zero-order chi connectivity index (χ0) is 20.5. The van der Waals surface area contributed by atoms with Gasteiger partial charge in [0.05, 0.1) is 39.8 Å². The van der Waals surface area contributed by atoms with Crippen LogP contribution in [0.1, 0.15) is 11.1 Å². The van der Waals surface area contributed by atoms with E-state index in [9.17, 15) is 0 Å². The molecule has 0 saturated heterocycles. The molecular weight excluding hydrogens is 356 g/mol. The van der Waals surface area contributed by atoms with Gasteiger partial charge in [-0.2, -0.15) is 0 Å². The Morgan fingerprint density at radius 2 is 1.21 bits per heavy atom. The molecule has 0 fully saturated rings. The highest BCUT2D eigenvalue weighted by Crippen LogP contribution is 2.39. The third kappa shape index (κ3) is 4.79. The van der Waals surface area contributed by atoms with Gasteiger partial charge in [-0.1, -0.05) is 12.1 Å². The first-order valence-corrected chi connectivity index (χ1v) is 8.41. The Balaban J connectivity index is 2.49. The molecule has 0 N–H and O–H groups in total. The van der Waals surface area contributed by atoms with E-state index in [-0.39, 0.29) is 0 Å². The van der Waals surface area contributed by atoms with Gasteiger partial charge >= 0.3 is 0 Å². The molecule has 0 heterocycles. The highest BCUT2D eigenvalue weighted by Gasteiger charge is 2.13. The van der Waals surface area contributed by atoms with E-state index in [0.29, 0.717) is 28.6 Å². The Labute approximate surface area is 165 Å². The summed E-state index contributed by atoms with van der Waals surface area (Å²) in [7, 11) is 6.32. The summed E-state index contributed by atoms with van der Waals surface area (Å²) in [4.78, 5) is 8.21. The number of nitrogens with zero attached hydrogens (tertiary/aromatic N) is 2. The average molecular weight is 380 g/mol. The first-order chi connectivity index (χ1) is 13.6. The molecule has 28 heavy (non-hydrogen) atoms. The summed E-state index contributed by atoms with van der Waals surface area (Å²) in [6.07, 6.45) is 3.69. The third-order valence-electron chi connectivity index (χ3n) is 4.01. The summed E-state index contributed by atoms with van der Waals surface area (Å²) in [5.41, 5.74) is 2.86. The van der Waals surface area contributed by atoms with Gasteiger partial charge in [0, 0.05) is 0 Å². The number of hydrogen-bond acceptors (Lipinski definition) is 6. The van der Waals surface area contributed by atoms with Gasteiger partial charge < -0.3 is 18.9 Å². The van der Waals surface area contributed by atoms with Gasteiger partial charge in [-0.15, -0.1) is 0 Å². The molecule has 2 rings (SSSR count). The second-order valence-corrected chi connectivity index (χ2v) is 5.61. The molecule has 0 aliphatic carbocycles. The highest BCUT2D eigenvalue weighted by atomic mass is 16.5. The molecule has 0 bridgehead atoms. The molecule has 0 amide bonds. The van der Waals surface area contributed by atoms with Crippen LogP contribution < -0.4 is 18.9 Å². The van der Waals surface area contributed by atoms with Crippen LogP contribution in [0.15, 0.2) is 57.8 Å². The Kier molecular flexibility index (Phi) is 7.39. The average Bonchev–Trinajstić information content (AvgIpc) is 2.75. The second-order valence-electron chi connectivity index (χ2n) is 5.61. The van der Waals surface area contributed by atoms with Crippen LogP contribution >= 0.6 is 0 Å². The van der Waals surface area contributed by atoms with Crippen molar-refractivity contribution in [1.82, 2.24) is 0 Å². The predicted octanol–water partition coefficient (Wildman–Crippen LogP) is 4.50. The SMILES string of the molecule is C=NC(=Cc1ccc(OC)cc1)C(=Cc1cc(OC)c(OC)c(OC)c1)N=C. The van der Waals surface area contributed by atoms with E-state index in [1.165, 1.54) is 0 Å². The first kappa shape index (κ1) is 20.8. The van der Waals surface area contributed by atoms with Crippen molar-refractivity contribution in [2.45, 2.75) is 0 Å². The van der Waals surface area contributed by atoms with Crippen LogP contribution in [0.5, 0.6) is 23.0 Å². The molecule has 6 heteroatoms. The summed E-state index contributed by atoms with van der Waals surface area (Å²) in [5.74, 6) is 2.39. The number of benzene rings is 2. The fourth-order valence-electron chi connectivity index (χ4n) is 2.60. The van der Waals surface area contributed by atoms with Crippen LogP contribution in [0.2, 0.25) is 0 Å². The molecule has 0 aromatic heterocycles. The van der Waals surface area contributed by atoms with Gasteiger partial charge in [-0.25, -0.2) is 0 Å². The van der Waals surface area contributed by atoms with Crippen molar-refractivity contribution < 1.29 is 18.9 Å². The van der Waals surface area contributed by atoms with Gasteiger partial charge in [-0.3, -0.25) is 9.98 Å². The summed E-state index contributed by atoms with van der Waals surface area (Å²) in [5, 5.41) is 0. The maximum Gasteiger partial charge on any atom is 0.203 e. The first-order valence-electron chi connectivity index (χ1n) is 8.41. The monoisotopic (exact) mass is 380 g/mol. The molecule has 2 aromatic rings. The minimum absolute atomic E-state index is 0.520. The van der Waals surface area contributed by atoms with E-state index in [1.807, 2.05) is 48.6 Å². The van der Waals surface area contributed by atoms with Crippen LogP contribution in [0.3, 0.4) is 0 Å². The minimum atomic E-state index is 0.520. The summed E-state index contributed by atoms with van der Waals surface area (Å²) >= 11 is 0. The summed E-state index contributed by atoms with van der Waals surface area (Å²) in [6.45, 7) is 7.32. The lowest BCUT2D eigenvalue weighted by Gasteiger charge is -2.13. The number of methoxy groups -OCH3 is 4. The largest absolute Gasteiger partial charge is 0.497 e. The van der Waals surface area contributed by atoms with Crippen molar-refractivity contribution in [2.24, 2.45) is 9.98 Å². The lowest BCUT2D eigenvalue weighted by atomic mass is 10.1. The quantitative estimate of drug-likeness (QED) is 0.474. The van der Waals surface area contributed by atoms with Crippen LogP contribution in [-0.4, -0.2) is 41.9 Å². The van der Waals surface area contributed by atoms with E-state index < -0.39 is 0 Å². The molecule has 0 atom stereocenters. The van der Waals surface area contributed by atoms with Crippen molar-refractivity contribution in [2.75, 3.05) is 28.4 Å². The number of hydrogen-bond donors (Lipinski definition) is 0. The van der Waals surface area contributed by atoms with Gasteiger partial charge in [0.25, 0.3) is 0 Å². The van der Waals surface area contributed by atoms with Crippen LogP contribution in [-0.2, 0) is 0 Å². The predicted molar refractivity (Wildman–Crippen MR) is 114 cm³/mol. The minimum Gasteiger partial charge on any atom is -0.497 e. The topological polar surface area (TPSA) is 61.6 Å². The van der Waals surface area contributed by atoms with Crippen molar-refractivity contribution in [1.29, 1.82) is 0 Å². The van der Waals surface area contributed by atoms with Crippen LogP contribution in [0, 0.1) is 0 Å². The van der Waals surface area contributed by atoms with Gasteiger partial charge in [0.15, 0.2) is 11.5 Å². The normalized spacial score (nSPS) is 11.6. The van der Waals surface area contributed by atoms with E-state index in [2.05, 4.69) is 23.4 Å². The van der Waals surface area contributed by atoms with E-state index >= 15 is 0 Å². The second kappa shape index (κ2) is 9.97. The molecule has 0 unspecified atom stereocenters. The number of aliphatic imine (C=N–C) groups is 2. The maximum absolute atomic E-state index is 5.40. The molecular formula is C22H24N2O4. The van der Waals surface area contributed by atoms with E-state index in [4.69, 9.17) is 18.9 Å². The molecule has 0 spiro atoms. The Hall–Kier alpha value is -3.54. The fourth-order valence-corrected chi connectivity index (χ4v) is 2.60. The molecule has 2 aromatic carbocycles. The van der Waals surface area contributed by atoms with Crippen LogP contribution in [0.4, 0.5) is 0 Å². The number of rotatable bonds is 9. The summed E-state index contributed by atoms with van der Waals surface area (Å²) < 4.78 is 21.3. The standard InChI is InChI=1S/C22H24N2O4/c1-23-18(11-15-7-9-17(25-3)10-8-15)19(24-2)12-16-13-20(26-4)22(28-6)21(14-16)27-5/h7-14H,1-2H2,3-6H3. The van der Waals surface area contributed by atoms with Crippen LogP contribution in [0.25, 0.3) is 12.2 Å². The van der Waals surface area contributed by atoms with Crippen molar-refractivity contribution in [3.8, 4) is 23.0 Å². The fraction of sp³-hybridized carbons (Fsp3) is 0.182. The lowest BCUT2D eigenvalue weighted by molar-refractivity contribution is 0.324. The number of ether oxygens (including phenoxy) is 4. The molecule has 0 radical (unpaired) electrons. The lowest BCUT2D eigenvalue weighted by Crippen LogP contribution is -1.96. The van der Waals surface area contributed by atoms with Gasteiger partial charge in [0.2, 0.25) is 5.75 Å². The van der Waals surface area contributed by atoms with Crippen molar-refractivity contribution in [3.05, 3.63) is 58.9 Å². The smallest absolute Gasteiger partial charge is 0.203 e. The zero-order valence-electron chi connectivity index (χ0n) is 16.6. The highest BCUT2D eigenvalue weighted by molar-refractivity contribution is 5.70. The molecule has 0 aliphatic heterocycles. The Morgan fingerprint density at radius 3 is 1.61 bits per heavy atom. The van der Waals surface area contributed by atoms with Gasteiger partial charge in [-0.05, 0) is 61.0 Å². The third-order valence-corrected chi connectivity index (χ3v) is 4.01. The zero-order valence-corrected chi connectivity index (χ0v) is 16.6. The van der Waals surface area contributed by atoms with E-state index in [0.717, 1.165) is 16.9 Å². The molecule has 6 nitrogen and oxygen atoms in total.